The summed E-state index contributed by atoms with van der Waals surface area (Å²) in [5.41, 5.74) is 4.66. The van der Waals surface area contributed by atoms with E-state index in [1.54, 1.807) is 7.11 Å². The van der Waals surface area contributed by atoms with Crippen LogP contribution in [-0.4, -0.2) is 19.5 Å². The van der Waals surface area contributed by atoms with Gasteiger partial charge in [0.2, 0.25) is 0 Å². The van der Waals surface area contributed by atoms with E-state index in [2.05, 4.69) is 46.6 Å². The molecule has 1 aliphatic rings. The predicted octanol–water partition coefficient (Wildman–Crippen LogP) is 9.08. The first-order chi connectivity index (χ1) is 20.2. The zero-order valence-electron chi connectivity index (χ0n) is 22.7. The predicted molar refractivity (Wildman–Crippen MR) is 168 cm³/mol. The summed E-state index contributed by atoms with van der Waals surface area (Å²) in [7, 11) is 1.67. The van der Waals surface area contributed by atoms with Crippen LogP contribution in [0.15, 0.2) is 138 Å². The number of methoxy groups -OCH3 is 1. The molecule has 0 spiro atoms. The smallest absolute Gasteiger partial charge is 0.145 e. The Morgan fingerprint density at radius 1 is 0.756 bits per heavy atom. The largest absolute Gasteiger partial charge is 0.497 e. The van der Waals surface area contributed by atoms with Gasteiger partial charge in [0.1, 0.15) is 29.1 Å². The molecule has 1 aliphatic heterocycles. The van der Waals surface area contributed by atoms with Crippen molar-refractivity contribution < 1.29 is 9.47 Å². The number of para-hydroxylation sites is 5. The molecular weight excluding hydrogens is 530 g/mol. The van der Waals surface area contributed by atoms with Crippen LogP contribution < -0.4 is 19.7 Å². The zero-order chi connectivity index (χ0) is 28.0. The molecule has 0 radical (unpaired) electrons. The Hall–Kier alpha value is -4.74. The number of nitrogens with zero attached hydrogens (tertiary/aromatic N) is 2. The average molecular weight is 560 g/mol. The summed E-state index contributed by atoms with van der Waals surface area (Å²) in [6.45, 7) is 0.517. The van der Waals surface area contributed by atoms with Gasteiger partial charge in [0.15, 0.2) is 0 Å². The fourth-order valence-corrected chi connectivity index (χ4v) is 5.31. The van der Waals surface area contributed by atoms with Crippen LogP contribution in [0.3, 0.4) is 0 Å². The Labute approximate surface area is 245 Å². The second-order valence-electron chi connectivity index (χ2n) is 9.72. The van der Waals surface area contributed by atoms with E-state index in [4.69, 9.17) is 26.1 Å². The fourth-order valence-electron chi connectivity index (χ4n) is 5.11. The zero-order valence-corrected chi connectivity index (χ0v) is 23.4. The number of aliphatic imine (C=N–C) groups is 1. The topological polar surface area (TPSA) is 46.1 Å². The number of ether oxygens (including phenoxy) is 2. The third kappa shape index (κ3) is 5.76. The number of hydrogen-bond acceptors (Lipinski definition) is 5. The molecule has 5 aromatic rings. The molecule has 0 aliphatic carbocycles. The molecule has 1 heterocycles. The first-order valence-corrected chi connectivity index (χ1v) is 14.0. The van der Waals surface area contributed by atoms with Crippen LogP contribution in [0, 0.1) is 5.92 Å². The van der Waals surface area contributed by atoms with Crippen molar-refractivity contribution in [3.8, 4) is 11.5 Å². The molecule has 204 valence electrons. The van der Waals surface area contributed by atoms with Gasteiger partial charge in [0.25, 0.3) is 0 Å². The molecule has 0 fully saturated rings. The van der Waals surface area contributed by atoms with E-state index in [0.29, 0.717) is 11.6 Å². The second kappa shape index (κ2) is 12.2. The van der Waals surface area contributed by atoms with Gasteiger partial charge < -0.3 is 14.8 Å². The van der Waals surface area contributed by atoms with E-state index in [9.17, 15) is 0 Å². The number of hydrogen-bond donors (Lipinski definition) is 1. The average Bonchev–Trinajstić information content (AvgIpc) is 3.19. The number of amidine groups is 1. The minimum Gasteiger partial charge on any atom is -0.497 e. The quantitative estimate of drug-likeness (QED) is 0.216. The van der Waals surface area contributed by atoms with Crippen LogP contribution in [0.5, 0.6) is 11.5 Å². The summed E-state index contributed by atoms with van der Waals surface area (Å²) in [4.78, 5) is 7.56. The minimum absolute atomic E-state index is 0.229. The molecule has 0 aromatic heterocycles. The number of halogens is 1. The van der Waals surface area contributed by atoms with Crippen LogP contribution in [0.25, 0.3) is 0 Å². The molecule has 0 amide bonds. The highest BCUT2D eigenvalue weighted by Crippen LogP contribution is 2.42. The highest BCUT2D eigenvalue weighted by Gasteiger charge is 2.37. The molecule has 2 unspecified atom stereocenters. The molecule has 5 aromatic carbocycles. The molecular formula is C35H30ClN3O2. The Morgan fingerprint density at radius 2 is 1.37 bits per heavy atom. The van der Waals surface area contributed by atoms with Crippen LogP contribution in [-0.2, 0) is 0 Å². The van der Waals surface area contributed by atoms with Gasteiger partial charge >= 0.3 is 0 Å². The summed E-state index contributed by atoms with van der Waals surface area (Å²) >= 11 is 6.58. The Bertz CT molecular complexity index is 1590. The van der Waals surface area contributed by atoms with Crippen molar-refractivity contribution in [2.45, 2.75) is 6.10 Å². The first-order valence-electron chi connectivity index (χ1n) is 13.6. The van der Waals surface area contributed by atoms with Gasteiger partial charge in [-0.3, -0.25) is 4.90 Å². The summed E-state index contributed by atoms with van der Waals surface area (Å²) in [5, 5.41) is 4.26. The first kappa shape index (κ1) is 26.5. The molecule has 41 heavy (non-hydrogen) atoms. The van der Waals surface area contributed by atoms with Gasteiger partial charge in [0.05, 0.1) is 23.7 Å². The number of nitrogens with one attached hydrogen (secondary N) is 1. The Kier molecular flexibility index (Phi) is 7.88. The minimum atomic E-state index is -0.367. The molecule has 2 atom stereocenters. The maximum Gasteiger partial charge on any atom is 0.145 e. The summed E-state index contributed by atoms with van der Waals surface area (Å²) in [6.07, 6.45) is -0.367. The van der Waals surface area contributed by atoms with E-state index >= 15 is 0 Å². The maximum atomic E-state index is 6.84. The van der Waals surface area contributed by atoms with Crippen LogP contribution in [0.2, 0.25) is 5.02 Å². The number of fused-ring (bicyclic) bond motifs is 1. The summed E-state index contributed by atoms with van der Waals surface area (Å²) in [5.74, 6) is 2.14. The van der Waals surface area contributed by atoms with E-state index in [-0.39, 0.29) is 12.0 Å². The van der Waals surface area contributed by atoms with E-state index in [1.165, 1.54) is 0 Å². The van der Waals surface area contributed by atoms with Crippen molar-refractivity contribution in [1.82, 2.24) is 0 Å². The molecule has 0 saturated heterocycles. The monoisotopic (exact) mass is 559 g/mol. The van der Waals surface area contributed by atoms with E-state index < -0.39 is 0 Å². The molecule has 6 rings (SSSR count). The lowest BCUT2D eigenvalue weighted by atomic mass is 9.92. The number of rotatable bonds is 7. The standard InChI is InChI=1S/C35H30ClN3O2/c1-40-28-22-20-25(21-23-28)34-29(24-37-31-17-9-8-16-30(31)36)35(38-32-18-10-11-19-33(32)41-34)39(26-12-4-2-5-13-26)27-14-6-3-7-15-27/h2-23,29,34,37H,24H2,1H3. The van der Waals surface area contributed by atoms with Crippen molar-refractivity contribution in [2.24, 2.45) is 10.9 Å². The Morgan fingerprint density at radius 3 is 2.02 bits per heavy atom. The van der Waals surface area contributed by atoms with Gasteiger partial charge in [0, 0.05) is 17.9 Å². The van der Waals surface area contributed by atoms with Crippen LogP contribution in [0.1, 0.15) is 11.7 Å². The van der Waals surface area contributed by atoms with Gasteiger partial charge in [-0.2, -0.15) is 0 Å². The number of benzene rings is 5. The third-order valence-electron chi connectivity index (χ3n) is 7.14. The van der Waals surface area contributed by atoms with E-state index in [0.717, 1.165) is 45.6 Å². The van der Waals surface area contributed by atoms with Crippen LogP contribution in [0.4, 0.5) is 22.7 Å². The van der Waals surface area contributed by atoms with Gasteiger partial charge in [-0.05, 0) is 66.2 Å². The fraction of sp³-hybridized carbons (Fsp3) is 0.114. The van der Waals surface area contributed by atoms with E-state index in [1.807, 2.05) is 97.1 Å². The highest BCUT2D eigenvalue weighted by molar-refractivity contribution is 6.33. The van der Waals surface area contributed by atoms with Crippen molar-refractivity contribution in [2.75, 3.05) is 23.9 Å². The molecule has 1 N–H and O–H groups in total. The molecule has 0 bridgehead atoms. The molecule has 0 saturated carbocycles. The highest BCUT2D eigenvalue weighted by atomic mass is 35.5. The Balaban J connectivity index is 1.54. The normalized spacial score (nSPS) is 16.0. The van der Waals surface area contributed by atoms with Gasteiger partial charge in [-0.25, -0.2) is 4.99 Å². The van der Waals surface area contributed by atoms with Crippen molar-refractivity contribution in [3.05, 3.63) is 144 Å². The lowest BCUT2D eigenvalue weighted by molar-refractivity contribution is 0.175. The van der Waals surface area contributed by atoms with Crippen molar-refractivity contribution in [3.63, 3.8) is 0 Å². The SMILES string of the molecule is COc1ccc(C2Oc3ccccc3N=C(N(c3ccccc3)c3ccccc3)C2CNc2ccccc2Cl)cc1. The van der Waals surface area contributed by atoms with Crippen molar-refractivity contribution in [1.29, 1.82) is 0 Å². The lowest BCUT2D eigenvalue weighted by Gasteiger charge is -2.34. The molecule has 6 heteroatoms. The van der Waals surface area contributed by atoms with Gasteiger partial charge in [-0.1, -0.05) is 84.4 Å². The number of anilines is 3. The molecule has 5 nitrogen and oxygen atoms in total. The lowest BCUT2D eigenvalue weighted by Crippen LogP contribution is -2.40. The van der Waals surface area contributed by atoms with Crippen molar-refractivity contribution >= 4 is 40.2 Å². The maximum absolute atomic E-state index is 6.84. The summed E-state index contributed by atoms with van der Waals surface area (Å²) < 4.78 is 12.3. The van der Waals surface area contributed by atoms with Gasteiger partial charge in [-0.15, -0.1) is 0 Å². The van der Waals surface area contributed by atoms with Crippen LogP contribution >= 0.6 is 11.6 Å². The second-order valence-corrected chi connectivity index (χ2v) is 10.1. The summed E-state index contributed by atoms with van der Waals surface area (Å²) in [6, 6.07) is 44.4. The third-order valence-corrected chi connectivity index (χ3v) is 7.47.